The zero-order chi connectivity index (χ0) is 10.4. The summed E-state index contributed by atoms with van der Waals surface area (Å²) in [5.41, 5.74) is 0. The van der Waals surface area contributed by atoms with Gasteiger partial charge in [-0.15, -0.1) is 0 Å². The molecule has 0 aromatic rings. The van der Waals surface area contributed by atoms with E-state index in [-0.39, 0.29) is 0 Å². The molecule has 0 bridgehead atoms. The minimum atomic E-state index is 0.363. The lowest BCUT2D eigenvalue weighted by Crippen LogP contribution is -2.38. The van der Waals surface area contributed by atoms with Crippen molar-refractivity contribution in [1.29, 1.82) is 0 Å². The predicted octanol–water partition coefficient (Wildman–Crippen LogP) is 2.13. The van der Waals surface area contributed by atoms with Gasteiger partial charge in [0.15, 0.2) is 0 Å². The smallest absolute Gasteiger partial charge is 0.0434 e. The maximum absolute atomic E-state index is 8.91. The van der Waals surface area contributed by atoms with Crippen molar-refractivity contribution in [3.63, 3.8) is 0 Å². The lowest BCUT2D eigenvalue weighted by molar-refractivity contribution is 0.133. The summed E-state index contributed by atoms with van der Waals surface area (Å²) in [7, 11) is 0. The first-order valence-corrected chi connectivity index (χ1v) is 6.09. The highest BCUT2D eigenvalue weighted by Gasteiger charge is 2.19. The van der Waals surface area contributed by atoms with Crippen LogP contribution in [0.5, 0.6) is 0 Å². The van der Waals surface area contributed by atoms with Gasteiger partial charge in [-0.3, -0.25) is 0 Å². The molecule has 0 radical (unpaired) electrons. The van der Waals surface area contributed by atoms with Crippen molar-refractivity contribution in [1.82, 2.24) is 4.90 Å². The van der Waals surface area contributed by atoms with Crippen LogP contribution in [0.3, 0.4) is 0 Å². The Balaban J connectivity index is 2.25. The lowest BCUT2D eigenvalue weighted by Gasteiger charge is -2.34. The topological polar surface area (TPSA) is 23.5 Å². The maximum Gasteiger partial charge on any atom is 0.0434 e. The molecule has 14 heavy (non-hydrogen) atoms. The average molecular weight is 199 g/mol. The van der Waals surface area contributed by atoms with E-state index in [2.05, 4.69) is 18.7 Å². The van der Waals surface area contributed by atoms with Gasteiger partial charge in [-0.25, -0.2) is 0 Å². The third-order valence-electron chi connectivity index (χ3n) is 3.41. The second-order valence-corrected chi connectivity index (χ2v) is 4.79. The van der Waals surface area contributed by atoms with E-state index in [1.165, 1.54) is 38.9 Å². The minimum absolute atomic E-state index is 0.363. The van der Waals surface area contributed by atoms with Crippen LogP contribution in [-0.4, -0.2) is 36.2 Å². The van der Waals surface area contributed by atoms with Gasteiger partial charge in [0.05, 0.1) is 0 Å². The summed E-state index contributed by atoms with van der Waals surface area (Å²) in [4.78, 5) is 2.58. The Morgan fingerprint density at radius 2 is 2.29 bits per heavy atom. The van der Waals surface area contributed by atoms with Crippen LogP contribution in [0.2, 0.25) is 0 Å². The van der Waals surface area contributed by atoms with Crippen LogP contribution in [0.15, 0.2) is 0 Å². The Hall–Kier alpha value is -0.0800. The summed E-state index contributed by atoms with van der Waals surface area (Å²) in [5, 5.41) is 8.91. The number of hydrogen-bond acceptors (Lipinski definition) is 2. The molecule has 0 aromatic carbocycles. The van der Waals surface area contributed by atoms with Crippen molar-refractivity contribution in [2.45, 2.75) is 39.5 Å². The minimum Gasteiger partial charge on any atom is -0.396 e. The van der Waals surface area contributed by atoms with Gasteiger partial charge in [-0.05, 0) is 37.6 Å². The first kappa shape index (κ1) is 12.0. The normalized spacial score (nSPS) is 26.4. The van der Waals surface area contributed by atoms with E-state index in [0.717, 1.165) is 18.3 Å². The SMILES string of the molecule is CCC(C)CN1CCCC(CCO)C1. The van der Waals surface area contributed by atoms with Gasteiger partial charge in [0.25, 0.3) is 0 Å². The quantitative estimate of drug-likeness (QED) is 0.733. The monoisotopic (exact) mass is 199 g/mol. The van der Waals surface area contributed by atoms with E-state index >= 15 is 0 Å². The van der Waals surface area contributed by atoms with Gasteiger partial charge in [0.2, 0.25) is 0 Å². The summed E-state index contributed by atoms with van der Waals surface area (Å²) in [6.07, 6.45) is 4.91. The van der Waals surface area contributed by atoms with Crippen LogP contribution in [0, 0.1) is 11.8 Å². The molecular weight excluding hydrogens is 174 g/mol. The molecule has 1 heterocycles. The molecule has 1 aliphatic heterocycles. The molecule has 0 aliphatic carbocycles. The number of aliphatic hydroxyl groups is 1. The molecule has 84 valence electrons. The molecule has 0 aromatic heterocycles. The molecule has 0 spiro atoms. The average Bonchev–Trinajstić information content (AvgIpc) is 2.19. The number of hydrogen-bond donors (Lipinski definition) is 1. The number of likely N-dealkylation sites (tertiary alicyclic amines) is 1. The van der Waals surface area contributed by atoms with Crippen molar-refractivity contribution < 1.29 is 5.11 Å². The Kier molecular flexibility index (Phi) is 5.49. The van der Waals surface area contributed by atoms with Crippen molar-refractivity contribution in [3.8, 4) is 0 Å². The van der Waals surface area contributed by atoms with Crippen LogP contribution in [0.4, 0.5) is 0 Å². The van der Waals surface area contributed by atoms with E-state index in [1.54, 1.807) is 0 Å². The molecule has 1 fully saturated rings. The van der Waals surface area contributed by atoms with E-state index in [9.17, 15) is 0 Å². The Morgan fingerprint density at radius 1 is 1.50 bits per heavy atom. The molecule has 2 heteroatoms. The highest BCUT2D eigenvalue weighted by Crippen LogP contribution is 2.20. The van der Waals surface area contributed by atoms with Gasteiger partial charge in [0.1, 0.15) is 0 Å². The molecule has 2 unspecified atom stereocenters. The van der Waals surface area contributed by atoms with E-state index in [4.69, 9.17) is 5.11 Å². The van der Waals surface area contributed by atoms with E-state index in [1.807, 2.05) is 0 Å². The van der Waals surface area contributed by atoms with E-state index < -0.39 is 0 Å². The fourth-order valence-electron chi connectivity index (χ4n) is 2.31. The van der Waals surface area contributed by atoms with Crippen LogP contribution in [-0.2, 0) is 0 Å². The Labute approximate surface area is 88.3 Å². The number of aliphatic hydroxyl groups excluding tert-OH is 1. The molecule has 0 amide bonds. The number of piperidine rings is 1. The van der Waals surface area contributed by atoms with Crippen molar-refractivity contribution in [2.24, 2.45) is 11.8 Å². The van der Waals surface area contributed by atoms with E-state index in [0.29, 0.717) is 6.61 Å². The molecule has 1 saturated heterocycles. The molecule has 2 atom stereocenters. The molecule has 1 aliphatic rings. The molecule has 2 nitrogen and oxygen atoms in total. The maximum atomic E-state index is 8.91. The highest BCUT2D eigenvalue weighted by atomic mass is 16.3. The third kappa shape index (κ3) is 3.97. The first-order chi connectivity index (χ1) is 6.76. The van der Waals surface area contributed by atoms with Crippen molar-refractivity contribution >= 4 is 0 Å². The summed E-state index contributed by atoms with van der Waals surface area (Å²) >= 11 is 0. The van der Waals surface area contributed by atoms with Gasteiger partial charge in [-0.2, -0.15) is 0 Å². The van der Waals surface area contributed by atoms with Crippen molar-refractivity contribution in [3.05, 3.63) is 0 Å². The van der Waals surface area contributed by atoms with Crippen LogP contribution in [0.1, 0.15) is 39.5 Å². The number of rotatable bonds is 5. The standard InChI is InChI=1S/C12H25NO/c1-3-11(2)9-13-7-4-5-12(10-13)6-8-14/h11-12,14H,3-10H2,1-2H3. The highest BCUT2D eigenvalue weighted by molar-refractivity contribution is 4.73. The molecule has 0 saturated carbocycles. The van der Waals surface area contributed by atoms with Gasteiger partial charge in [0, 0.05) is 19.7 Å². The van der Waals surface area contributed by atoms with Gasteiger partial charge < -0.3 is 10.0 Å². The summed E-state index contributed by atoms with van der Waals surface area (Å²) in [6.45, 7) is 8.69. The lowest BCUT2D eigenvalue weighted by atomic mass is 9.94. The predicted molar refractivity (Wildman–Crippen MR) is 60.3 cm³/mol. The van der Waals surface area contributed by atoms with Crippen LogP contribution >= 0.6 is 0 Å². The second kappa shape index (κ2) is 6.41. The zero-order valence-corrected chi connectivity index (χ0v) is 9.71. The first-order valence-electron chi connectivity index (χ1n) is 6.09. The van der Waals surface area contributed by atoms with Crippen molar-refractivity contribution in [2.75, 3.05) is 26.2 Å². The van der Waals surface area contributed by atoms with Gasteiger partial charge >= 0.3 is 0 Å². The summed E-state index contributed by atoms with van der Waals surface area (Å²) < 4.78 is 0. The zero-order valence-electron chi connectivity index (χ0n) is 9.71. The molecule has 1 rings (SSSR count). The third-order valence-corrected chi connectivity index (χ3v) is 3.41. The van der Waals surface area contributed by atoms with Crippen LogP contribution < -0.4 is 0 Å². The summed E-state index contributed by atoms with van der Waals surface area (Å²) in [5.74, 6) is 1.57. The fourth-order valence-corrected chi connectivity index (χ4v) is 2.31. The second-order valence-electron chi connectivity index (χ2n) is 4.79. The Morgan fingerprint density at radius 3 is 2.93 bits per heavy atom. The Bertz CT molecular complexity index is 147. The largest absolute Gasteiger partial charge is 0.396 e. The number of nitrogens with zero attached hydrogens (tertiary/aromatic N) is 1. The fraction of sp³-hybridized carbons (Fsp3) is 1.00. The van der Waals surface area contributed by atoms with Gasteiger partial charge in [-0.1, -0.05) is 20.3 Å². The molecular formula is C12H25NO. The van der Waals surface area contributed by atoms with Crippen LogP contribution in [0.25, 0.3) is 0 Å². The summed E-state index contributed by atoms with van der Waals surface area (Å²) in [6, 6.07) is 0. The molecule has 1 N–H and O–H groups in total.